The van der Waals surface area contributed by atoms with E-state index in [-0.39, 0.29) is 5.78 Å². The van der Waals surface area contributed by atoms with Gasteiger partial charge in [-0.25, -0.2) is 0 Å². The molecule has 0 aromatic heterocycles. The van der Waals surface area contributed by atoms with Crippen LogP contribution in [0.1, 0.15) is 26.2 Å². The summed E-state index contributed by atoms with van der Waals surface area (Å²) in [5.41, 5.74) is 0. The third kappa shape index (κ3) is 7.28. The molecule has 1 aliphatic carbocycles. The third-order valence-electron chi connectivity index (χ3n) is 1.33. The maximum atomic E-state index is 10.2. The van der Waals surface area contributed by atoms with Crippen molar-refractivity contribution in [2.24, 2.45) is 0 Å². The highest BCUT2D eigenvalue weighted by molar-refractivity contribution is 5.98. The van der Waals surface area contributed by atoms with Crippen LogP contribution in [-0.2, 0) is 9.22 Å². The quantitative estimate of drug-likeness (QED) is 0.475. The average Bonchev–Trinajstić information content (AvgIpc) is 2.53. The van der Waals surface area contributed by atoms with E-state index in [9.17, 15) is 4.79 Å². The molecule has 12 heavy (non-hydrogen) atoms. The fraction of sp³-hybridized carbons (Fsp3) is 0.444. The Morgan fingerprint density at radius 2 is 2.50 bits per heavy atom. The summed E-state index contributed by atoms with van der Waals surface area (Å²) in [4.78, 5) is 10.2. The van der Waals surface area contributed by atoms with E-state index < -0.39 is 0 Å². The van der Waals surface area contributed by atoms with Crippen molar-refractivity contribution in [1.82, 2.24) is 0 Å². The molecule has 0 spiro atoms. The molecule has 3 heteroatoms. The maximum Gasteiger partial charge on any atom is 0.203 e. The number of rotatable bonds is 2. The van der Waals surface area contributed by atoms with Crippen molar-refractivity contribution in [1.29, 1.82) is 0 Å². The highest BCUT2D eigenvalue weighted by Crippen LogP contribution is 2.01. The Morgan fingerprint density at radius 1 is 1.75 bits per heavy atom. The first-order valence-corrected chi connectivity index (χ1v) is 5.00. The molecule has 0 unspecified atom stereocenters. The molecule has 0 saturated carbocycles. The summed E-state index contributed by atoms with van der Waals surface area (Å²) in [7, 11) is 0.816. The fourth-order valence-electron chi connectivity index (χ4n) is 0.716. The van der Waals surface area contributed by atoms with Crippen LogP contribution in [-0.4, -0.2) is 16.3 Å². The van der Waals surface area contributed by atoms with Gasteiger partial charge < -0.3 is 4.43 Å². The predicted molar refractivity (Wildman–Crippen MR) is 53.8 cm³/mol. The first-order valence-electron chi connectivity index (χ1n) is 4.18. The van der Waals surface area contributed by atoms with E-state index in [1.807, 2.05) is 12.2 Å². The Labute approximate surface area is 76.8 Å². The normalized spacial score (nSPS) is 14.9. The summed E-state index contributed by atoms with van der Waals surface area (Å²) < 4.78 is 4.74. The maximum absolute atomic E-state index is 10.2. The molecule has 0 aromatic rings. The second-order valence-corrected chi connectivity index (χ2v) is 2.89. The Hall–Kier alpha value is -0.833. The summed E-state index contributed by atoms with van der Waals surface area (Å²) in [5, 5.41) is 0. The van der Waals surface area contributed by atoms with Gasteiger partial charge in [0.1, 0.15) is 0 Å². The minimum absolute atomic E-state index is 0.273. The Balaban J connectivity index is 0.000000202. The molecule has 0 fully saturated rings. The highest BCUT2D eigenvalue weighted by Gasteiger charge is 1.98. The van der Waals surface area contributed by atoms with Crippen molar-refractivity contribution in [2.45, 2.75) is 26.2 Å². The third-order valence-corrected chi connectivity index (χ3v) is 1.60. The molecule has 1 aliphatic rings. The largest absolute Gasteiger partial charge is 0.559 e. The molecule has 68 valence electrons. The second-order valence-electron chi connectivity index (χ2n) is 2.42. The van der Waals surface area contributed by atoms with Gasteiger partial charge in [-0.2, -0.15) is 0 Å². The number of carbonyl (C=O) groups excluding carboxylic acids is 1. The van der Waals surface area contributed by atoms with Gasteiger partial charge in [0.05, 0.1) is 6.26 Å². The standard InChI is InChI=1S/C5H6O.C4H10OSi/c6-5-3-1-2-4-5;1-2-3-4-5-6/h1,3H,2,4H2;3-4H,2H2,1,6H3. The predicted octanol–water partition coefficient (Wildman–Crippen LogP) is 1.11. The lowest BCUT2D eigenvalue weighted by Crippen LogP contribution is -1.80. The average molecular weight is 184 g/mol. The van der Waals surface area contributed by atoms with Crippen LogP contribution in [0.5, 0.6) is 0 Å². The Morgan fingerprint density at radius 3 is 2.67 bits per heavy atom. The molecule has 0 N–H and O–H groups in total. The van der Waals surface area contributed by atoms with Gasteiger partial charge in [0.2, 0.25) is 10.5 Å². The first kappa shape index (κ1) is 11.2. The molecule has 2 nitrogen and oxygen atoms in total. The van der Waals surface area contributed by atoms with Gasteiger partial charge in [0.15, 0.2) is 5.78 Å². The molecule has 0 saturated heterocycles. The Kier molecular flexibility index (Phi) is 7.69. The lowest BCUT2D eigenvalue weighted by atomic mass is 10.3. The van der Waals surface area contributed by atoms with Crippen LogP contribution < -0.4 is 0 Å². The molecule has 0 aromatic carbocycles. The molecule has 0 heterocycles. The van der Waals surface area contributed by atoms with Crippen LogP contribution in [0.15, 0.2) is 24.5 Å². The van der Waals surface area contributed by atoms with E-state index in [2.05, 4.69) is 6.92 Å². The number of carbonyl (C=O) groups is 1. The topological polar surface area (TPSA) is 26.3 Å². The zero-order chi connectivity index (χ0) is 9.23. The minimum atomic E-state index is 0.273. The molecule has 0 bridgehead atoms. The van der Waals surface area contributed by atoms with Crippen LogP contribution in [0, 0.1) is 0 Å². The lowest BCUT2D eigenvalue weighted by Gasteiger charge is -1.81. The van der Waals surface area contributed by atoms with Crippen LogP contribution >= 0.6 is 0 Å². The fourth-order valence-corrected chi connectivity index (χ4v) is 0.909. The van der Waals surface area contributed by atoms with Crippen LogP contribution in [0.25, 0.3) is 0 Å². The highest BCUT2D eigenvalue weighted by atomic mass is 28.2. The number of hydrogen-bond acceptors (Lipinski definition) is 2. The molecular weight excluding hydrogens is 168 g/mol. The van der Waals surface area contributed by atoms with Gasteiger partial charge in [-0.15, -0.1) is 0 Å². The van der Waals surface area contributed by atoms with Crippen molar-refractivity contribution < 1.29 is 9.22 Å². The summed E-state index contributed by atoms with van der Waals surface area (Å²) in [6.45, 7) is 2.08. The van der Waals surface area contributed by atoms with Gasteiger partial charge in [-0.05, 0) is 18.9 Å². The number of ketones is 1. The van der Waals surface area contributed by atoms with Crippen LogP contribution in [0.4, 0.5) is 0 Å². The first-order chi connectivity index (χ1) is 5.81. The molecule has 0 radical (unpaired) electrons. The molecule has 0 atom stereocenters. The van der Waals surface area contributed by atoms with Crippen molar-refractivity contribution in [3.8, 4) is 0 Å². The van der Waals surface area contributed by atoms with Gasteiger partial charge in [0, 0.05) is 6.42 Å². The molecule has 0 amide bonds. The van der Waals surface area contributed by atoms with Gasteiger partial charge >= 0.3 is 0 Å². The molecule has 1 rings (SSSR count). The SMILES string of the molecule is CCC=CO[SiH3].O=C1C=CCC1. The zero-order valence-electron chi connectivity index (χ0n) is 7.75. The summed E-state index contributed by atoms with van der Waals surface area (Å²) in [5.74, 6) is 0.273. The minimum Gasteiger partial charge on any atom is -0.559 e. The summed E-state index contributed by atoms with van der Waals surface area (Å²) in [6, 6.07) is 0. The lowest BCUT2D eigenvalue weighted by molar-refractivity contribution is -0.114. The molecular formula is C9H16O2Si. The van der Waals surface area contributed by atoms with Crippen molar-refractivity contribution >= 4 is 16.3 Å². The van der Waals surface area contributed by atoms with E-state index in [1.165, 1.54) is 0 Å². The van der Waals surface area contributed by atoms with E-state index in [0.717, 1.165) is 29.7 Å². The monoisotopic (exact) mass is 184 g/mol. The van der Waals surface area contributed by atoms with Crippen molar-refractivity contribution in [3.05, 3.63) is 24.5 Å². The van der Waals surface area contributed by atoms with Crippen LogP contribution in [0.3, 0.4) is 0 Å². The van der Waals surface area contributed by atoms with Gasteiger partial charge in [-0.1, -0.05) is 19.1 Å². The number of allylic oxidation sites excluding steroid dienone is 3. The smallest absolute Gasteiger partial charge is 0.203 e. The van der Waals surface area contributed by atoms with Gasteiger partial charge in [0.25, 0.3) is 0 Å². The summed E-state index contributed by atoms with van der Waals surface area (Å²) in [6.07, 6.45) is 10.0. The van der Waals surface area contributed by atoms with Crippen molar-refractivity contribution in [3.63, 3.8) is 0 Å². The molecule has 0 aliphatic heterocycles. The Bertz CT molecular complexity index is 167. The van der Waals surface area contributed by atoms with Gasteiger partial charge in [-0.3, -0.25) is 4.79 Å². The van der Waals surface area contributed by atoms with Crippen LogP contribution in [0.2, 0.25) is 0 Å². The van der Waals surface area contributed by atoms with E-state index in [1.54, 1.807) is 12.3 Å². The number of hydrogen-bond donors (Lipinski definition) is 0. The van der Waals surface area contributed by atoms with E-state index >= 15 is 0 Å². The summed E-state index contributed by atoms with van der Waals surface area (Å²) >= 11 is 0. The van der Waals surface area contributed by atoms with E-state index in [4.69, 9.17) is 4.43 Å². The van der Waals surface area contributed by atoms with E-state index in [0.29, 0.717) is 0 Å². The van der Waals surface area contributed by atoms with Crippen molar-refractivity contribution in [2.75, 3.05) is 0 Å². The second kappa shape index (κ2) is 8.27. The zero-order valence-corrected chi connectivity index (χ0v) is 9.75.